The smallest absolute Gasteiger partial charge is 0.350 e. The number of hydrogen-bond acceptors (Lipinski definition) is 11. The number of rotatable bonds is 6. The van der Waals surface area contributed by atoms with Gasteiger partial charge >= 0.3 is 11.9 Å². The van der Waals surface area contributed by atoms with E-state index >= 15 is 0 Å². The van der Waals surface area contributed by atoms with E-state index in [0.717, 1.165) is 34.0 Å². The second kappa shape index (κ2) is 9.32. The molecule has 0 spiro atoms. The minimum atomic E-state index is -0.529. The summed E-state index contributed by atoms with van der Waals surface area (Å²) in [5, 5.41) is 5.71. The van der Waals surface area contributed by atoms with Crippen LogP contribution in [0.25, 0.3) is 0 Å². The van der Waals surface area contributed by atoms with Crippen molar-refractivity contribution in [3.05, 3.63) is 43.0 Å². The molecule has 0 aliphatic heterocycles. The summed E-state index contributed by atoms with van der Waals surface area (Å²) in [6, 6.07) is 3.01. The van der Waals surface area contributed by atoms with Gasteiger partial charge in [0.15, 0.2) is 10.3 Å². The molecule has 0 fully saturated rings. The van der Waals surface area contributed by atoms with Crippen LogP contribution in [0.5, 0.6) is 0 Å². The van der Waals surface area contributed by atoms with Crippen molar-refractivity contribution in [3.63, 3.8) is 0 Å². The van der Waals surface area contributed by atoms with Crippen LogP contribution in [0.4, 0.5) is 10.3 Å². The normalized spacial score (nSPS) is 10.5. The average molecular weight is 481 g/mol. The van der Waals surface area contributed by atoms with Crippen molar-refractivity contribution in [1.29, 1.82) is 0 Å². The standard InChI is InChI=1S/C18H16N4O6S3/c1-7-11(15(25)27-3)30-17(19-7)21-13(23)9-5-6-10(29-9)14(24)22-18-20-8(2)12(31-18)16(26)28-4/h5-6H,1-4H3,(H,19,21,23)(H,20,22,24). The lowest BCUT2D eigenvalue weighted by atomic mass is 10.4. The van der Waals surface area contributed by atoms with E-state index in [1.807, 2.05) is 0 Å². The number of carbonyl (C=O) groups is 4. The number of thiazole rings is 2. The number of aryl methyl sites for hydroxylation is 2. The molecule has 2 N–H and O–H groups in total. The largest absolute Gasteiger partial charge is 0.465 e. The number of carbonyl (C=O) groups excluding carboxylic acids is 4. The SMILES string of the molecule is COC(=O)c1sc(NC(=O)c2ccc(C(=O)Nc3nc(C)c(C(=O)OC)s3)s2)nc1C. The molecule has 3 heterocycles. The maximum absolute atomic E-state index is 12.5. The Bertz CT molecular complexity index is 1090. The first-order valence-corrected chi connectivity index (χ1v) is 11.0. The third kappa shape index (κ3) is 4.95. The quantitative estimate of drug-likeness (QED) is 0.513. The van der Waals surface area contributed by atoms with Gasteiger partial charge in [0, 0.05) is 0 Å². The van der Waals surface area contributed by atoms with E-state index in [9.17, 15) is 19.2 Å². The lowest BCUT2D eigenvalue weighted by Gasteiger charge is -1.99. The molecule has 3 aromatic rings. The first kappa shape index (κ1) is 22.5. The molecule has 0 radical (unpaired) electrons. The highest BCUT2D eigenvalue weighted by Gasteiger charge is 2.21. The number of amides is 2. The Balaban J connectivity index is 1.68. The number of nitrogens with zero attached hydrogens (tertiary/aromatic N) is 2. The zero-order valence-electron chi connectivity index (χ0n) is 16.7. The van der Waals surface area contributed by atoms with Crippen LogP contribution in [0.1, 0.15) is 50.1 Å². The van der Waals surface area contributed by atoms with E-state index in [1.54, 1.807) is 13.8 Å². The van der Waals surface area contributed by atoms with Gasteiger partial charge in [-0.2, -0.15) is 0 Å². The first-order chi connectivity index (χ1) is 14.7. The van der Waals surface area contributed by atoms with Crippen molar-refractivity contribution in [2.75, 3.05) is 24.9 Å². The third-order valence-electron chi connectivity index (χ3n) is 3.83. The minimum absolute atomic E-state index is 0.246. The Hall–Kier alpha value is -3.16. The summed E-state index contributed by atoms with van der Waals surface area (Å²) >= 11 is 2.98. The van der Waals surface area contributed by atoms with Crippen LogP contribution in [0.2, 0.25) is 0 Å². The zero-order valence-corrected chi connectivity index (χ0v) is 19.2. The second-order valence-electron chi connectivity index (χ2n) is 5.92. The summed E-state index contributed by atoms with van der Waals surface area (Å²) < 4.78 is 9.35. The second-order valence-corrected chi connectivity index (χ2v) is 9.00. The summed E-state index contributed by atoms with van der Waals surface area (Å²) in [5.41, 5.74) is 0.895. The maximum Gasteiger partial charge on any atom is 0.350 e. The Kier molecular flexibility index (Phi) is 6.77. The van der Waals surface area contributed by atoms with Gasteiger partial charge in [0.2, 0.25) is 0 Å². The molecule has 3 rings (SSSR count). The molecular formula is C18H16N4O6S3. The Labute approximate surface area is 188 Å². The molecule has 3 aromatic heterocycles. The fraction of sp³-hybridized carbons (Fsp3) is 0.222. The van der Waals surface area contributed by atoms with Gasteiger partial charge in [0.1, 0.15) is 9.75 Å². The number of aromatic nitrogens is 2. The van der Waals surface area contributed by atoms with Crippen molar-refractivity contribution >= 4 is 68.0 Å². The molecule has 2 amide bonds. The molecule has 0 atom stereocenters. The van der Waals surface area contributed by atoms with E-state index in [4.69, 9.17) is 0 Å². The third-order valence-corrected chi connectivity index (χ3v) is 7.02. The fourth-order valence-electron chi connectivity index (χ4n) is 2.36. The number of hydrogen-bond donors (Lipinski definition) is 2. The number of ether oxygens (including phenoxy) is 2. The highest BCUT2D eigenvalue weighted by Crippen LogP contribution is 2.27. The Morgan fingerprint density at radius 3 is 1.48 bits per heavy atom. The van der Waals surface area contributed by atoms with Crippen LogP contribution in [0.3, 0.4) is 0 Å². The molecule has 0 aliphatic carbocycles. The van der Waals surface area contributed by atoms with Crippen molar-refractivity contribution < 1.29 is 28.7 Å². The van der Waals surface area contributed by atoms with E-state index in [1.165, 1.54) is 26.4 Å². The maximum atomic E-state index is 12.5. The van der Waals surface area contributed by atoms with Crippen molar-refractivity contribution in [3.8, 4) is 0 Å². The molecule has 0 saturated heterocycles. The lowest BCUT2D eigenvalue weighted by Crippen LogP contribution is -2.11. The van der Waals surface area contributed by atoms with Crippen molar-refractivity contribution in [2.24, 2.45) is 0 Å². The highest BCUT2D eigenvalue weighted by atomic mass is 32.1. The molecule has 0 saturated carbocycles. The zero-order chi connectivity index (χ0) is 22.7. The number of nitrogens with one attached hydrogen (secondary N) is 2. The topological polar surface area (TPSA) is 137 Å². The summed E-state index contributed by atoms with van der Waals surface area (Å²) in [6.07, 6.45) is 0. The summed E-state index contributed by atoms with van der Waals surface area (Å²) in [5.74, 6) is -1.99. The van der Waals surface area contributed by atoms with E-state index in [0.29, 0.717) is 21.1 Å². The van der Waals surface area contributed by atoms with E-state index in [-0.39, 0.29) is 20.0 Å². The molecular weight excluding hydrogens is 464 g/mol. The minimum Gasteiger partial charge on any atom is -0.465 e. The molecule has 13 heteroatoms. The molecule has 0 unspecified atom stereocenters. The van der Waals surface area contributed by atoms with Gasteiger partial charge in [-0.15, -0.1) is 11.3 Å². The van der Waals surface area contributed by atoms with Crippen LogP contribution < -0.4 is 10.6 Å². The van der Waals surface area contributed by atoms with Crippen LogP contribution in [0, 0.1) is 13.8 Å². The van der Waals surface area contributed by atoms with Crippen LogP contribution in [-0.2, 0) is 9.47 Å². The van der Waals surface area contributed by atoms with Gasteiger partial charge in [-0.1, -0.05) is 22.7 Å². The summed E-state index contributed by atoms with van der Waals surface area (Å²) in [7, 11) is 2.53. The lowest BCUT2D eigenvalue weighted by molar-refractivity contribution is 0.0596. The Morgan fingerprint density at radius 1 is 0.742 bits per heavy atom. The van der Waals surface area contributed by atoms with Gasteiger partial charge in [-0.3, -0.25) is 20.2 Å². The number of methoxy groups -OCH3 is 2. The van der Waals surface area contributed by atoms with Crippen molar-refractivity contribution in [1.82, 2.24) is 9.97 Å². The summed E-state index contributed by atoms with van der Waals surface area (Å²) in [6.45, 7) is 3.27. The van der Waals surface area contributed by atoms with Crippen molar-refractivity contribution in [2.45, 2.75) is 13.8 Å². The molecule has 0 aromatic carbocycles. The molecule has 31 heavy (non-hydrogen) atoms. The number of thiophene rings is 1. The number of esters is 2. The molecule has 10 nitrogen and oxygen atoms in total. The average Bonchev–Trinajstić information content (AvgIpc) is 3.45. The van der Waals surface area contributed by atoms with Gasteiger partial charge < -0.3 is 9.47 Å². The van der Waals surface area contributed by atoms with Gasteiger partial charge in [-0.25, -0.2) is 19.6 Å². The van der Waals surface area contributed by atoms with Gasteiger partial charge in [0.05, 0.1) is 35.4 Å². The molecule has 0 bridgehead atoms. The Morgan fingerprint density at radius 2 is 1.13 bits per heavy atom. The monoisotopic (exact) mass is 480 g/mol. The molecule has 162 valence electrons. The van der Waals surface area contributed by atoms with Gasteiger partial charge in [-0.05, 0) is 26.0 Å². The summed E-state index contributed by atoms with van der Waals surface area (Å²) in [4.78, 5) is 57.7. The number of anilines is 2. The fourth-order valence-corrected chi connectivity index (χ4v) is 4.92. The van der Waals surface area contributed by atoms with Crippen LogP contribution in [0.15, 0.2) is 12.1 Å². The molecule has 0 aliphatic rings. The van der Waals surface area contributed by atoms with Crippen LogP contribution in [-0.4, -0.2) is 47.9 Å². The van der Waals surface area contributed by atoms with E-state index < -0.39 is 23.8 Å². The van der Waals surface area contributed by atoms with Crippen LogP contribution >= 0.6 is 34.0 Å². The predicted molar refractivity (Wildman–Crippen MR) is 117 cm³/mol. The van der Waals surface area contributed by atoms with E-state index in [2.05, 4.69) is 30.1 Å². The first-order valence-electron chi connectivity index (χ1n) is 8.57. The predicted octanol–water partition coefficient (Wildman–Crippen LogP) is 3.36. The van der Waals surface area contributed by atoms with Gasteiger partial charge in [0.25, 0.3) is 11.8 Å². The highest BCUT2D eigenvalue weighted by molar-refractivity contribution is 7.19.